The van der Waals surface area contributed by atoms with Gasteiger partial charge in [0.25, 0.3) is 11.6 Å². The predicted octanol–water partition coefficient (Wildman–Crippen LogP) is 2.18. The van der Waals surface area contributed by atoms with Gasteiger partial charge in [-0.3, -0.25) is 14.9 Å². The van der Waals surface area contributed by atoms with Crippen molar-refractivity contribution in [2.24, 2.45) is 11.1 Å². The summed E-state index contributed by atoms with van der Waals surface area (Å²) < 4.78 is 13.1. The van der Waals surface area contributed by atoms with Crippen LogP contribution in [0.1, 0.15) is 31.1 Å². The highest BCUT2D eigenvalue weighted by molar-refractivity contribution is 5.98. The van der Waals surface area contributed by atoms with Gasteiger partial charge in [0.1, 0.15) is 11.4 Å². The molecule has 1 aromatic carbocycles. The number of nitrogens with two attached hydrogens (primary N) is 1. The van der Waals surface area contributed by atoms with E-state index in [2.05, 4.69) is 0 Å². The Labute approximate surface area is 122 Å². The van der Waals surface area contributed by atoms with Crippen LogP contribution in [0.15, 0.2) is 18.2 Å². The highest BCUT2D eigenvalue weighted by Gasteiger charge is 2.28. The van der Waals surface area contributed by atoms with Crippen molar-refractivity contribution >= 4 is 11.6 Å². The summed E-state index contributed by atoms with van der Waals surface area (Å²) in [5.74, 6) is -1.24. The van der Waals surface area contributed by atoms with Gasteiger partial charge in [0.05, 0.1) is 11.0 Å². The molecule has 0 saturated carbocycles. The molecule has 0 unspecified atom stereocenters. The number of hydrogen-bond acceptors (Lipinski definition) is 4. The van der Waals surface area contributed by atoms with Crippen LogP contribution < -0.4 is 5.73 Å². The van der Waals surface area contributed by atoms with Crippen molar-refractivity contribution in [2.75, 3.05) is 19.6 Å². The molecule has 0 saturated heterocycles. The van der Waals surface area contributed by atoms with Gasteiger partial charge in [-0.1, -0.05) is 13.8 Å². The van der Waals surface area contributed by atoms with Crippen molar-refractivity contribution in [1.82, 2.24) is 4.90 Å². The first-order valence-electron chi connectivity index (χ1n) is 6.65. The second-order valence-electron chi connectivity index (χ2n) is 5.61. The van der Waals surface area contributed by atoms with E-state index in [1.54, 1.807) is 6.92 Å². The lowest BCUT2D eigenvalue weighted by atomic mass is 9.92. The zero-order valence-electron chi connectivity index (χ0n) is 12.4. The van der Waals surface area contributed by atoms with Crippen LogP contribution in [0.5, 0.6) is 0 Å². The molecule has 0 aliphatic heterocycles. The summed E-state index contributed by atoms with van der Waals surface area (Å²) in [6.07, 6.45) is 0. The summed E-state index contributed by atoms with van der Waals surface area (Å²) in [7, 11) is 0. The van der Waals surface area contributed by atoms with E-state index in [1.165, 1.54) is 4.90 Å². The van der Waals surface area contributed by atoms with Gasteiger partial charge in [-0.15, -0.1) is 0 Å². The first kappa shape index (κ1) is 17.0. The van der Waals surface area contributed by atoms with E-state index in [0.29, 0.717) is 19.6 Å². The average Bonchev–Trinajstić information content (AvgIpc) is 2.44. The SMILES string of the molecule is CCN(CC(C)(C)CN)C(=O)c1ccc(F)cc1[N+](=O)[O-]. The second kappa shape index (κ2) is 6.62. The maximum atomic E-state index is 13.1. The van der Waals surface area contributed by atoms with E-state index in [0.717, 1.165) is 18.2 Å². The predicted molar refractivity (Wildman–Crippen MR) is 77.5 cm³/mol. The molecule has 6 nitrogen and oxygen atoms in total. The van der Waals surface area contributed by atoms with Crippen molar-refractivity contribution in [2.45, 2.75) is 20.8 Å². The maximum absolute atomic E-state index is 13.1. The molecule has 0 radical (unpaired) electrons. The van der Waals surface area contributed by atoms with E-state index < -0.39 is 22.3 Å². The van der Waals surface area contributed by atoms with E-state index in [9.17, 15) is 19.3 Å². The van der Waals surface area contributed by atoms with Crippen LogP contribution in [0.25, 0.3) is 0 Å². The lowest BCUT2D eigenvalue weighted by Crippen LogP contribution is -2.42. The fourth-order valence-electron chi connectivity index (χ4n) is 1.92. The van der Waals surface area contributed by atoms with Crippen LogP contribution in [0.2, 0.25) is 0 Å². The number of halogens is 1. The highest BCUT2D eigenvalue weighted by atomic mass is 19.1. The molecule has 21 heavy (non-hydrogen) atoms. The van der Waals surface area contributed by atoms with Crippen molar-refractivity contribution in [3.8, 4) is 0 Å². The summed E-state index contributed by atoms with van der Waals surface area (Å²) in [5.41, 5.74) is 4.71. The van der Waals surface area contributed by atoms with Gasteiger partial charge in [-0.25, -0.2) is 4.39 Å². The summed E-state index contributed by atoms with van der Waals surface area (Å²) in [5, 5.41) is 11.0. The molecule has 1 amide bonds. The fourth-order valence-corrected chi connectivity index (χ4v) is 1.92. The fraction of sp³-hybridized carbons (Fsp3) is 0.500. The number of carbonyl (C=O) groups excluding carboxylic acids is 1. The molecule has 0 aromatic heterocycles. The van der Waals surface area contributed by atoms with Crippen LogP contribution in [0, 0.1) is 21.3 Å². The zero-order chi connectivity index (χ0) is 16.2. The van der Waals surface area contributed by atoms with E-state index in [4.69, 9.17) is 5.73 Å². The zero-order valence-corrected chi connectivity index (χ0v) is 12.4. The minimum Gasteiger partial charge on any atom is -0.338 e. The Morgan fingerprint density at radius 2 is 2.10 bits per heavy atom. The van der Waals surface area contributed by atoms with Crippen molar-refractivity contribution in [3.05, 3.63) is 39.7 Å². The number of rotatable bonds is 6. The molecule has 0 spiro atoms. The number of carbonyl (C=O) groups is 1. The quantitative estimate of drug-likeness (QED) is 0.643. The molecule has 1 aromatic rings. The number of benzene rings is 1. The van der Waals surface area contributed by atoms with Crippen molar-refractivity contribution in [3.63, 3.8) is 0 Å². The van der Waals surface area contributed by atoms with Gasteiger partial charge in [0, 0.05) is 13.1 Å². The van der Waals surface area contributed by atoms with Crippen LogP contribution in [0.3, 0.4) is 0 Å². The number of amides is 1. The van der Waals surface area contributed by atoms with E-state index in [1.807, 2.05) is 13.8 Å². The average molecular weight is 297 g/mol. The summed E-state index contributed by atoms with van der Waals surface area (Å²) >= 11 is 0. The third kappa shape index (κ3) is 4.22. The number of nitro groups is 1. The molecular weight excluding hydrogens is 277 g/mol. The van der Waals surface area contributed by atoms with Gasteiger partial charge in [0.2, 0.25) is 0 Å². The minimum atomic E-state index is -0.752. The molecular formula is C14H20FN3O3. The monoisotopic (exact) mass is 297 g/mol. The van der Waals surface area contributed by atoms with Crippen LogP contribution in [0.4, 0.5) is 10.1 Å². The Hall–Kier alpha value is -2.02. The van der Waals surface area contributed by atoms with Crippen LogP contribution in [-0.2, 0) is 0 Å². The molecule has 0 atom stereocenters. The Bertz CT molecular complexity index is 546. The summed E-state index contributed by atoms with van der Waals surface area (Å²) in [4.78, 5) is 24.2. The highest BCUT2D eigenvalue weighted by Crippen LogP contribution is 2.23. The number of hydrogen-bond donors (Lipinski definition) is 1. The largest absolute Gasteiger partial charge is 0.338 e. The Morgan fingerprint density at radius 3 is 2.57 bits per heavy atom. The van der Waals surface area contributed by atoms with Crippen LogP contribution >= 0.6 is 0 Å². The third-order valence-electron chi connectivity index (χ3n) is 3.23. The first-order chi connectivity index (χ1) is 9.71. The smallest absolute Gasteiger partial charge is 0.285 e. The molecule has 0 bridgehead atoms. The van der Waals surface area contributed by atoms with Gasteiger partial charge in [0.15, 0.2) is 0 Å². The molecule has 116 valence electrons. The van der Waals surface area contributed by atoms with Gasteiger partial charge >= 0.3 is 0 Å². The molecule has 0 heterocycles. The normalized spacial score (nSPS) is 11.3. The van der Waals surface area contributed by atoms with Gasteiger partial charge in [-0.05, 0) is 31.0 Å². The Balaban J connectivity index is 3.14. The molecule has 7 heteroatoms. The van der Waals surface area contributed by atoms with Crippen molar-refractivity contribution in [1.29, 1.82) is 0 Å². The molecule has 1 rings (SSSR count). The number of nitro benzene ring substituents is 1. The van der Waals surface area contributed by atoms with Gasteiger partial charge < -0.3 is 10.6 Å². The standard InChI is InChI=1S/C14H20FN3O3/c1-4-17(9-14(2,3)8-16)13(19)11-6-5-10(15)7-12(11)18(20)21/h5-7H,4,8-9,16H2,1-3H3. The maximum Gasteiger partial charge on any atom is 0.285 e. The second-order valence-corrected chi connectivity index (χ2v) is 5.61. The lowest BCUT2D eigenvalue weighted by molar-refractivity contribution is -0.385. The topological polar surface area (TPSA) is 89.5 Å². The van der Waals surface area contributed by atoms with E-state index in [-0.39, 0.29) is 11.0 Å². The van der Waals surface area contributed by atoms with E-state index >= 15 is 0 Å². The minimum absolute atomic E-state index is 0.115. The lowest BCUT2D eigenvalue weighted by Gasteiger charge is -2.31. The molecule has 0 aliphatic rings. The Morgan fingerprint density at radius 1 is 1.48 bits per heavy atom. The third-order valence-corrected chi connectivity index (χ3v) is 3.23. The van der Waals surface area contributed by atoms with Gasteiger partial charge in [-0.2, -0.15) is 0 Å². The summed E-state index contributed by atoms with van der Waals surface area (Å²) in [6, 6.07) is 2.95. The Kier molecular flexibility index (Phi) is 5.37. The summed E-state index contributed by atoms with van der Waals surface area (Å²) in [6.45, 7) is 6.72. The molecule has 2 N–H and O–H groups in total. The molecule has 0 aliphatic carbocycles. The van der Waals surface area contributed by atoms with Crippen LogP contribution in [-0.4, -0.2) is 35.4 Å². The molecule has 0 fully saturated rings. The van der Waals surface area contributed by atoms with Crippen molar-refractivity contribution < 1.29 is 14.1 Å². The number of nitrogens with zero attached hydrogens (tertiary/aromatic N) is 2. The first-order valence-corrected chi connectivity index (χ1v) is 6.65.